The van der Waals surface area contributed by atoms with Crippen molar-refractivity contribution in [3.05, 3.63) is 226 Å². The first kappa shape index (κ1) is 82.6. The SMILES string of the molecule is COCOc1ccc(Cc2c(C)cc(O)cc2C)nc1C(C)C.COCOc1ccc(Cc2c(C)cc(OCC#N)cc2C)nc1C(C)C.COCOc1ccc(Cc2c(C)cc(OCc3noc(=O)[nH]3)cc2C)nc1C(C)C.Cc1cc(OCC2=NOC(=O)C2)cc(C)c1Cc1ccc(O)c(C(C)C)n1. The maximum absolute atomic E-state index is 11.1. The van der Waals surface area contributed by atoms with E-state index in [0.29, 0.717) is 35.9 Å². The van der Waals surface area contributed by atoms with Crippen LogP contribution < -0.4 is 34.2 Å². The first-order valence-electron chi connectivity index (χ1n) is 35.3. The number of phenols is 1. The lowest BCUT2D eigenvalue weighted by Crippen LogP contribution is -2.11. The van der Waals surface area contributed by atoms with E-state index in [1.807, 2.05) is 140 Å². The number of nitrogens with zero attached hydrogens (tertiary/aromatic N) is 7. The number of aromatic nitrogens is 6. The molecule has 1 aliphatic rings. The Kier molecular flexibility index (Phi) is 31.2. The molecule has 3 N–H and O–H groups in total. The van der Waals surface area contributed by atoms with Gasteiger partial charge in [-0.15, -0.1) is 0 Å². The Bertz CT molecular complexity index is 4480. The summed E-state index contributed by atoms with van der Waals surface area (Å²) >= 11 is 0. The second kappa shape index (κ2) is 40.0. The summed E-state index contributed by atoms with van der Waals surface area (Å²) in [5, 5.41) is 35.6. The number of ether oxygens (including phenoxy) is 9. The van der Waals surface area contributed by atoms with Crippen molar-refractivity contribution in [1.29, 1.82) is 5.26 Å². The third-order valence-electron chi connectivity index (χ3n) is 17.3. The maximum atomic E-state index is 11.1. The van der Waals surface area contributed by atoms with Gasteiger partial charge in [0.1, 0.15) is 71.0 Å². The van der Waals surface area contributed by atoms with Gasteiger partial charge in [0.15, 0.2) is 32.8 Å². The molecule has 0 aliphatic carbocycles. The van der Waals surface area contributed by atoms with Gasteiger partial charge in [-0.3, -0.25) is 29.4 Å². The summed E-state index contributed by atoms with van der Waals surface area (Å²) in [5.74, 6) is 5.32. The van der Waals surface area contributed by atoms with Crippen LogP contribution in [-0.4, -0.2) is 107 Å². The van der Waals surface area contributed by atoms with E-state index in [0.717, 1.165) is 132 Å². The molecule has 0 saturated heterocycles. The van der Waals surface area contributed by atoms with Gasteiger partial charge >= 0.3 is 11.7 Å². The first-order valence-corrected chi connectivity index (χ1v) is 35.3. The minimum Gasteiger partial charge on any atom is -0.508 e. The third kappa shape index (κ3) is 24.2. The number of nitrogens with one attached hydrogen (secondary N) is 1. The standard InChI is InChI=1S/C22H27N3O5.C21H24N2O4.C21H26N2O3.C19H25NO3/c1-13(2)21-19(29-12-27-5)7-6-16(23-21)10-18-14(3)8-17(9-15(18)4)28-11-20-24-22(26)30-25-20;1-12(2)21-19(24)6-5-15(22-21)9-18-13(3)7-17(8-14(18)4)26-11-16-10-20(25)27-23-16;1-14(2)21-20(26-13-24-5)7-6-17(23-21)12-19-15(3)10-18(11-16(19)4)25-9-8-22;1-12(2)19-18(23-11-22-5)7-6-15(20-19)10-17-13(3)8-16(21)9-14(17)4/h6-9,13H,10-12H2,1-5H3,(H,24,25,26);5-8,12,24H,9-11H2,1-4H3;6-7,10-11,14H,9,12-13H2,1-5H3;6-9,12,21H,10-11H2,1-5H3. The molecule has 0 saturated carbocycles. The molecule has 10 rings (SSSR count). The summed E-state index contributed by atoms with van der Waals surface area (Å²) in [6.07, 6.45) is 3.05. The summed E-state index contributed by atoms with van der Waals surface area (Å²) in [6, 6.07) is 32.8. The second-order valence-corrected chi connectivity index (χ2v) is 27.3. The van der Waals surface area contributed by atoms with Gasteiger partial charge in [-0.2, -0.15) is 5.26 Å². The average Bonchev–Trinajstić information content (AvgIpc) is 0.845. The van der Waals surface area contributed by atoms with E-state index in [2.05, 4.69) is 85.0 Å². The molecule has 564 valence electrons. The number of benzene rings is 4. The number of hydrogen-bond donors (Lipinski definition) is 3. The van der Waals surface area contributed by atoms with E-state index in [-0.39, 0.29) is 82.0 Å². The van der Waals surface area contributed by atoms with Crippen molar-refractivity contribution in [2.24, 2.45) is 5.16 Å². The highest BCUT2D eigenvalue weighted by atomic mass is 16.7. The lowest BCUT2D eigenvalue weighted by molar-refractivity contribution is -0.140. The minimum atomic E-state index is -0.594. The van der Waals surface area contributed by atoms with Crippen molar-refractivity contribution in [3.8, 4) is 52.1 Å². The van der Waals surface area contributed by atoms with E-state index in [1.165, 1.54) is 22.3 Å². The summed E-state index contributed by atoms with van der Waals surface area (Å²) in [5.41, 5.74) is 21.6. The molecule has 0 radical (unpaired) electrons. The van der Waals surface area contributed by atoms with Crippen LogP contribution in [0.2, 0.25) is 0 Å². The number of hydrogen-bond acceptors (Lipinski definition) is 22. The van der Waals surface area contributed by atoms with Gasteiger partial charge in [0.05, 0.1) is 29.2 Å². The number of aryl methyl sites for hydroxylation is 8. The molecule has 6 heterocycles. The van der Waals surface area contributed by atoms with Gasteiger partial charge < -0.3 is 57.7 Å². The fourth-order valence-electron chi connectivity index (χ4n) is 11.9. The van der Waals surface area contributed by atoms with Gasteiger partial charge in [0.2, 0.25) is 0 Å². The number of carbonyl (C=O) groups excluding carboxylic acids is 1. The van der Waals surface area contributed by atoms with E-state index in [9.17, 15) is 19.8 Å². The summed E-state index contributed by atoms with van der Waals surface area (Å²) in [6.45, 7) is 34.0. The van der Waals surface area contributed by atoms with E-state index < -0.39 is 5.76 Å². The molecule has 0 bridgehead atoms. The lowest BCUT2D eigenvalue weighted by Gasteiger charge is -2.16. The molecule has 0 atom stereocenters. The van der Waals surface area contributed by atoms with Crippen LogP contribution in [0.15, 0.2) is 112 Å². The number of aromatic hydroxyl groups is 2. The van der Waals surface area contributed by atoms with Crippen LogP contribution in [0.25, 0.3) is 0 Å². The van der Waals surface area contributed by atoms with Crippen LogP contribution in [0.4, 0.5) is 0 Å². The van der Waals surface area contributed by atoms with Crippen LogP contribution in [0.5, 0.6) is 46.0 Å². The molecule has 9 aromatic rings. The fourth-order valence-corrected chi connectivity index (χ4v) is 11.9. The van der Waals surface area contributed by atoms with Crippen LogP contribution in [0.3, 0.4) is 0 Å². The number of carbonyl (C=O) groups is 1. The van der Waals surface area contributed by atoms with Gasteiger partial charge in [0.25, 0.3) is 0 Å². The van der Waals surface area contributed by atoms with E-state index in [1.54, 1.807) is 39.5 Å². The third-order valence-corrected chi connectivity index (χ3v) is 17.3. The maximum Gasteiger partial charge on any atom is 0.439 e. The molecule has 23 heteroatoms. The number of phenolic OH excluding ortho intramolecular Hbond substituents is 1. The highest BCUT2D eigenvalue weighted by Gasteiger charge is 2.21. The summed E-state index contributed by atoms with van der Waals surface area (Å²) in [7, 11) is 4.81. The molecular weight excluding hydrogens is 1350 g/mol. The number of aromatic amines is 1. The smallest absolute Gasteiger partial charge is 0.439 e. The Morgan fingerprint density at radius 3 is 1.12 bits per heavy atom. The Morgan fingerprint density at radius 2 is 0.802 bits per heavy atom. The van der Waals surface area contributed by atoms with Gasteiger partial charge in [-0.05, 0) is 243 Å². The predicted molar refractivity (Wildman–Crippen MR) is 405 cm³/mol. The highest BCUT2D eigenvalue weighted by Crippen LogP contribution is 2.34. The van der Waals surface area contributed by atoms with Crippen molar-refractivity contribution >= 4 is 11.7 Å². The van der Waals surface area contributed by atoms with Gasteiger partial charge in [0, 0.05) is 69.8 Å². The topological polar surface area (TPSA) is 296 Å². The minimum absolute atomic E-state index is 0.0560. The van der Waals surface area contributed by atoms with Crippen LogP contribution in [0.1, 0.15) is 204 Å². The fraction of sp³-hybridized carbons (Fsp3) is 0.410. The number of oxime groups is 1. The lowest BCUT2D eigenvalue weighted by atomic mass is 9.97. The highest BCUT2D eigenvalue weighted by molar-refractivity contribution is 6.02. The number of nitriles is 1. The number of pyridine rings is 4. The predicted octanol–water partition coefficient (Wildman–Crippen LogP) is 15.8. The molecule has 0 spiro atoms. The van der Waals surface area contributed by atoms with Crippen molar-refractivity contribution in [1.82, 2.24) is 30.1 Å². The van der Waals surface area contributed by atoms with Crippen molar-refractivity contribution in [2.45, 2.75) is 173 Å². The quantitative estimate of drug-likeness (QED) is 0.0290. The van der Waals surface area contributed by atoms with E-state index >= 15 is 0 Å². The number of methoxy groups -OCH3 is 3. The normalized spacial score (nSPS) is 11.6. The van der Waals surface area contributed by atoms with Gasteiger partial charge in [-0.25, -0.2) is 9.59 Å². The second-order valence-electron chi connectivity index (χ2n) is 27.3. The molecule has 4 aromatic carbocycles. The molecule has 106 heavy (non-hydrogen) atoms. The zero-order chi connectivity index (χ0) is 77.3. The van der Waals surface area contributed by atoms with Crippen molar-refractivity contribution in [3.63, 3.8) is 0 Å². The molecule has 5 aromatic heterocycles. The molecular formula is C83H102N8O15. The monoisotopic (exact) mass is 1450 g/mol. The Labute approximate surface area is 622 Å². The van der Waals surface area contributed by atoms with E-state index in [4.69, 9.17) is 62.8 Å². The van der Waals surface area contributed by atoms with Crippen LogP contribution in [0, 0.1) is 66.7 Å². The number of H-pyrrole nitrogens is 1. The van der Waals surface area contributed by atoms with Crippen molar-refractivity contribution < 1.29 is 67.0 Å². The Balaban J connectivity index is 0.000000198. The zero-order valence-corrected chi connectivity index (χ0v) is 64.7. The molecule has 1 aliphatic heterocycles. The van der Waals surface area contributed by atoms with Crippen LogP contribution in [-0.2, 0) is 56.1 Å². The largest absolute Gasteiger partial charge is 0.508 e. The summed E-state index contributed by atoms with van der Waals surface area (Å²) in [4.78, 5) is 48.2. The molecule has 0 fully saturated rings. The molecule has 0 unspecified atom stereocenters. The first-order chi connectivity index (χ1) is 50.6. The molecule has 23 nitrogen and oxygen atoms in total. The van der Waals surface area contributed by atoms with Gasteiger partial charge in [-0.1, -0.05) is 65.7 Å². The molecule has 0 amide bonds. The number of rotatable bonds is 29. The Morgan fingerprint density at radius 1 is 0.462 bits per heavy atom. The summed E-state index contributed by atoms with van der Waals surface area (Å²) < 4.78 is 53.2. The van der Waals surface area contributed by atoms with Crippen LogP contribution >= 0.6 is 0 Å². The Hall–Kier alpha value is -10.7. The average molecular weight is 1450 g/mol. The van der Waals surface area contributed by atoms with Crippen molar-refractivity contribution in [2.75, 3.05) is 54.9 Å². The zero-order valence-electron chi connectivity index (χ0n) is 64.7.